The van der Waals surface area contributed by atoms with Crippen LogP contribution in [0.15, 0.2) is 53.4 Å². The summed E-state index contributed by atoms with van der Waals surface area (Å²) >= 11 is 12.0. The summed E-state index contributed by atoms with van der Waals surface area (Å²) < 4.78 is 26.0. The molecular formula is C14H13Cl2NO2S. The Hall–Kier alpha value is -1.07. The Bertz CT molecular complexity index is 702. The highest BCUT2D eigenvalue weighted by atomic mass is 35.5. The zero-order valence-corrected chi connectivity index (χ0v) is 13.1. The van der Waals surface area contributed by atoms with Crippen LogP contribution in [0.2, 0.25) is 10.0 Å². The molecule has 0 saturated carbocycles. The van der Waals surface area contributed by atoms with Crippen molar-refractivity contribution in [1.29, 1.82) is 0 Å². The molecule has 6 heteroatoms. The molecule has 0 amide bonds. The third kappa shape index (κ3) is 3.15. The summed E-state index contributed by atoms with van der Waals surface area (Å²) in [6, 6.07) is 13.4. The third-order valence-electron chi connectivity index (χ3n) is 2.88. The molecule has 0 aliphatic rings. The van der Waals surface area contributed by atoms with E-state index in [1.807, 2.05) is 0 Å². The minimum atomic E-state index is -3.54. The molecule has 0 radical (unpaired) electrons. The van der Waals surface area contributed by atoms with E-state index in [1.54, 1.807) is 48.5 Å². The van der Waals surface area contributed by atoms with Gasteiger partial charge in [-0.3, -0.25) is 0 Å². The second kappa shape index (κ2) is 6.14. The van der Waals surface area contributed by atoms with Crippen molar-refractivity contribution in [2.24, 2.45) is 0 Å². The van der Waals surface area contributed by atoms with Gasteiger partial charge in [0.2, 0.25) is 10.0 Å². The van der Waals surface area contributed by atoms with Crippen molar-refractivity contribution in [3.63, 3.8) is 0 Å². The Kier molecular flexibility index (Phi) is 4.70. The van der Waals surface area contributed by atoms with Crippen LogP contribution >= 0.6 is 23.2 Å². The fraction of sp³-hybridized carbons (Fsp3) is 0.143. The van der Waals surface area contributed by atoms with Gasteiger partial charge in [0.1, 0.15) is 0 Å². The van der Waals surface area contributed by atoms with Gasteiger partial charge in [-0.1, -0.05) is 53.5 Å². The highest BCUT2D eigenvalue weighted by Gasteiger charge is 2.21. The van der Waals surface area contributed by atoms with Gasteiger partial charge < -0.3 is 0 Å². The van der Waals surface area contributed by atoms with E-state index in [4.69, 9.17) is 23.2 Å². The highest BCUT2D eigenvalue weighted by molar-refractivity contribution is 7.89. The topological polar surface area (TPSA) is 37.4 Å². The van der Waals surface area contributed by atoms with Gasteiger partial charge in [0.25, 0.3) is 0 Å². The average Bonchev–Trinajstić information content (AvgIpc) is 2.44. The van der Waals surface area contributed by atoms with Crippen molar-refractivity contribution in [2.45, 2.75) is 11.4 Å². The molecule has 0 heterocycles. The van der Waals surface area contributed by atoms with E-state index in [0.717, 1.165) is 0 Å². The van der Waals surface area contributed by atoms with Crippen molar-refractivity contribution in [3.8, 4) is 0 Å². The Morgan fingerprint density at radius 3 is 2.30 bits per heavy atom. The van der Waals surface area contributed by atoms with Crippen LogP contribution in [0.3, 0.4) is 0 Å². The highest BCUT2D eigenvalue weighted by Crippen LogP contribution is 2.27. The molecule has 0 bridgehead atoms. The molecule has 20 heavy (non-hydrogen) atoms. The Labute approximate surface area is 128 Å². The van der Waals surface area contributed by atoms with Crippen molar-refractivity contribution in [1.82, 2.24) is 4.31 Å². The fourth-order valence-corrected chi connectivity index (χ4v) is 3.32. The molecule has 0 unspecified atom stereocenters. The number of halogens is 2. The smallest absolute Gasteiger partial charge is 0.207 e. The predicted octanol–water partition coefficient (Wildman–Crippen LogP) is 3.81. The average molecular weight is 330 g/mol. The molecular weight excluding hydrogens is 317 g/mol. The van der Waals surface area contributed by atoms with Crippen LogP contribution in [0.25, 0.3) is 0 Å². The summed E-state index contributed by atoms with van der Waals surface area (Å²) in [5.41, 5.74) is 0.668. The summed E-state index contributed by atoms with van der Waals surface area (Å²) in [4.78, 5) is 0.251. The van der Waals surface area contributed by atoms with Crippen molar-refractivity contribution in [3.05, 3.63) is 64.1 Å². The van der Waals surface area contributed by atoms with E-state index in [2.05, 4.69) is 0 Å². The summed E-state index contributed by atoms with van der Waals surface area (Å²) in [5, 5.41) is 0.791. The number of benzene rings is 2. The van der Waals surface area contributed by atoms with Crippen LogP contribution in [-0.2, 0) is 16.6 Å². The summed E-state index contributed by atoms with van der Waals surface area (Å²) in [5.74, 6) is 0. The normalized spacial score (nSPS) is 11.8. The van der Waals surface area contributed by atoms with E-state index < -0.39 is 10.0 Å². The van der Waals surface area contributed by atoms with Crippen molar-refractivity contribution >= 4 is 33.2 Å². The van der Waals surface area contributed by atoms with Crippen LogP contribution in [-0.4, -0.2) is 19.8 Å². The zero-order chi connectivity index (χ0) is 14.8. The van der Waals surface area contributed by atoms with Gasteiger partial charge >= 0.3 is 0 Å². The SMILES string of the molecule is CN(Cc1cccc(Cl)c1Cl)S(=O)(=O)c1ccccc1. The summed E-state index contributed by atoms with van der Waals surface area (Å²) in [6.07, 6.45) is 0. The molecule has 2 aromatic carbocycles. The lowest BCUT2D eigenvalue weighted by Crippen LogP contribution is -2.26. The van der Waals surface area contributed by atoms with Crippen LogP contribution < -0.4 is 0 Å². The lowest BCUT2D eigenvalue weighted by molar-refractivity contribution is 0.467. The van der Waals surface area contributed by atoms with Crippen LogP contribution in [0, 0.1) is 0 Å². The molecule has 0 aromatic heterocycles. The first-order valence-electron chi connectivity index (χ1n) is 5.87. The van der Waals surface area contributed by atoms with Crippen LogP contribution in [0.1, 0.15) is 5.56 Å². The fourth-order valence-electron chi connectivity index (χ4n) is 1.77. The molecule has 0 fully saturated rings. The molecule has 3 nitrogen and oxygen atoms in total. The van der Waals surface area contributed by atoms with E-state index in [0.29, 0.717) is 15.6 Å². The predicted molar refractivity (Wildman–Crippen MR) is 81.6 cm³/mol. The second-order valence-corrected chi connectivity index (χ2v) is 7.12. The number of sulfonamides is 1. The number of nitrogens with zero attached hydrogens (tertiary/aromatic N) is 1. The minimum Gasteiger partial charge on any atom is -0.207 e. The second-order valence-electron chi connectivity index (χ2n) is 4.29. The first-order chi connectivity index (χ1) is 9.43. The minimum absolute atomic E-state index is 0.163. The zero-order valence-electron chi connectivity index (χ0n) is 10.8. The van der Waals surface area contributed by atoms with Gasteiger partial charge in [-0.05, 0) is 23.8 Å². The van der Waals surface area contributed by atoms with E-state index >= 15 is 0 Å². The number of hydrogen-bond acceptors (Lipinski definition) is 2. The summed E-state index contributed by atoms with van der Waals surface area (Å²) in [7, 11) is -2.02. The lowest BCUT2D eigenvalue weighted by atomic mass is 10.2. The monoisotopic (exact) mass is 329 g/mol. The van der Waals surface area contributed by atoms with Gasteiger partial charge in [-0.2, -0.15) is 4.31 Å². The molecule has 0 spiro atoms. The van der Waals surface area contributed by atoms with E-state index in [1.165, 1.54) is 11.4 Å². The van der Waals surface area contributed by atoms with Crippen molar-refractivity contribution in [2.75, 3.05) is 7.05 Å². The molecule has 0 saturated heterocycles. The Morgan fingerprint density at radius 2 is 1.65 bits per heavy atom. The molecule has 0 atom stereocenters. The molecule has 0 N–H and O–H groups in total. The Morgan fingerprint density at radius 1 is 1.00 bits per heavy atom. The van der Waals surface area contributed by atoms with E-state index in [9.17, 15) is 8.42 Å². The largest absolute Gasteiger partial charge is 0.243 e. The molecule has 2 rings (SSSR count). The first kappa shape index (κ1) is 15.3. The van der Waals surface area contributed by atoms with Gasteiger partial charge in [-0.15, -0.1) is 0 Å². The van der Waals surface area contributed by atoms with Gasteiger partial charge in [0.15, 0.2) is 0 Å². The summed E-state index contributed by atoms with van der Waals surface area (Å²) in [6.45, 7) is 0.163. The Balaban J connectivity index is 2.28. The van der Waals surface area contributed by atoms with Gasteiger partial charge in [-0.25, -0.2) is 8.42 Å². The maximum absolute atomic E-state index is 12.4. The van der Waals surface area contributed by atoms with Crippen LogP contribution in [0.4, 0.5) is 0 Å². The lowest BCUT2D eigenvalue weighted by Gasteiger charge is -2.18. The standard InChI is InChI=1S/C14H13Cl2NO2S/c1-17(10-11-6-5-9-13(15)14(11)16)20(18,19)12-7-3-2-4-8-12/h2-9H,10H2,1H3. The molecule has 0 aliphatic carbocycles. The molecule has 2 aromatic rings. The number of rotatable bonds is 4. The molecule has 0 aliphatic heterocycles. The van der Waals surface area contributed by atoms with Gasteiger partial charge in [0, 0.05) is 13.6 Å². The van der Waals surface area contributed by atoms with Gasteiger partial charge in [0.05, 0.1) is 14.9 Å². The van der Waals surface area contributed by atoms with E-state index in [-0.39, 0.29) is 11.4 Å². The number of hydrogen-bond donors (Lipinski definition) is 0. The maximum Gasteiger partial charge on any atom is 0.243 e. The third-order valence-corrected chi connectivity index (χ3v) is 5.55. The molecule has 106 valence electrons. The quantitative estimate of drug-likeness (QED) is 0.855. The van der Waals surface area contributed by atoms with Crippen molar-refractivity contribution < 1.29 is 8.42 Å². The first-order valence-corrected chi connectivity index (χ1v) is 8.07. The maximum atomic E-state index is 12.4. The van der Waals surface area contributed by atoms with Crippen LogP contribution in [0.5, 0.6) is 0 Å².